The Hall–Kier alpha value is -1.59. The summed E-state index contributed by atoms with van der Waals surface area (Å²) in [5.74, 6) is 1.50. The smallest absolute Gasteiger partial charge is 0.160 e. The average molecular weight is 292 g/mol. The first-order valence-electron chi connectivity index (χ1n) is 6.50. The Morgan fingerprint density at radius 1 is 1.25 bits per heavy atom. The van der Waals surface area contributed by atoms with E-state index in [4.69, 9.17) is 9.47 Å². The molecule has 2 rings (SSSR count). The molecule has 0 fully saturated rings. The van der Waals surface area contributed by atoms with Crippen LogP contribution < -0.4 is 14.8 Å². The minimum absolute atomic E-state index is 0.283. The van der Waals surface area contributed by atoms with Crippen LogP contribution in [0.1, 0.15) is 29.2 Å². The number of methoxy groups -OCH3 is 2. The molecule has 0 saturated heterocycles. The summed E-state index contributed by atoms with van der Waals surface area (Å²) in [5.41, 5.74) is 2.26. The normalized spacial score (nSPS) is 12.2. The molecule has 1 atom stereocenters. The molecule has 0 bridgehead atoms. The Morgan fingerprint density at radius 3 is 2.65 bits per heavy atom. The van der Waals surface area contributed by atoms with Crippen molar-refractivity contribution in [2.45, 2.75) is 19.4 Å². The van der Waals surface area contributed by atoms with Crippen molar-refractivity contribution in [3.8, 4) is 11.5 Å². The van der Waals surface area contributed by atoms with Gasteiger partial charge in [-0.3, -0.25) is 0 Å². The largest absolute Gasteiger partial charge is 0.493 e. The van der Waals surface area contributed by atoms with E-state index in [1.807, 2.05) is 25.2 Å². The Balaban J connectivity index is 2.15. The lowest BCUT2D eigenvalue weighted by Crippen LogP contribution is -2.12. The first-order chi connectivity index (χ1) is 9.67. The first kappa shape index (κ1) is 14.8. The van der Waals surface area contributed by atoms with Crippen molar-refractivity contribution < 1.29 is 9.47 Å². The highest BCUT2D eigenvalue weighted by Gasteiger charge is 2.10. The number of nitrogens with one attached hydrogen (secondary N) is 1. The number of benzene rings is 1. The molecule has 2 aromatic rings. The number of hydrogen-bond acceptors (Lipinski definition) is 5. The van der Waals surface area contributed by atoms with Gasteiger partial charge in [0.15, 0.2) is 11.5 Å². The summed E-state index contributed by atoms with van der Waals surface area (Å²) in [4.78, 5) is 4.66. The van der Waals surface area contributed by atoms with E-state index in [9.17, 15) is 0 Å². The van der Waals surface area contributed by atoms with Gasteiger partial charge in [0.05, 0.1) is 24.9 Å². The second kappa shape index (κ2) is 6.72. The van der Waals surface area contributed by atoms with Gasteiger partial charge >= 0.3 is 0 Å². The van der Waals surface area contributed by atoms with E-state index in [2.05, 4.69) is 22.6 Å². The van der Waals surface area contributed by atoms with Crippen LogP contribution >= 0.6 is 11.3 Å². The molecule has 1 N–H and O–H groups in total. The van der Waals surface area contributed by atoms with E-state index >= 15 is 0 Å². The summed E-state index contributed by atoms with van der Waals surface area (Å²) < 4.78 is 10.6. The Kier molecular flexibility index (Phi) is 4.98. The van der Waals surface area contributed by atoms with Crippen molar-refractivity contribution in [1.29, 1.82) is 0 Å². The quantitative estimate of drug-likeness (QED) is 0.889. The van der Waals surface area contributed by atoms with Gasteiger partial charge in [-0.25, -0.2) is 4.98 Å². The lowest BCUT2D eigenvalue weighted by atomic mass is 10.1. The molecule has 1 aromatic carbocycles. The molecule has 1 aromatic heterocycles. The zero-order chi connectivity index (χ0) is 14.5. The van der Waals surface area contributed by atoms with Crippen molar-refractivity contribution in [3.05, 3.63) is 39.8 Å². The average Bonchev–Trinajstić information content (AvgIpc) is 2.94. The topological polar surface area (TPSA) is 43.4 Å². The van der Waals surface area contributed by atoms with Crippen molar-refractivity contribution in [2.75, 3.05) is 21.3 Å². The van der Waals surface area contributed by atoms with Crippen LogP contribution in [0.25, 0.3) is 0 Å². The highest BCUT2D eigenvalue weighted by molar-refractivity contribution is 7.09. The summed E-state index contributed by atoms with van der Waals surface area (Å²) in [6.45, 7) is 2.11. The van der Waals surface area contributed by atoms with Gasteiger partial charge in [-0.05, 0) is 31.7 Å². The van der Waals surface area contributed by atoms with Crippen LogP contribution in [-0.2, 0) is 6.42 Å². The first-order valence-corrected chi connectivity index (χ1v) is 7.38. The van der Waals surface area contributed by atoms with Gasteiger partial charge in [-0.15, -0.1) is 11.3 Å². The maximum Gasteiger partial charge on any atom is 0.160 e. The van der Waals surface area contributed by atoms with Crippen molar-refractivity contribution >= 4 is 11.3 Å². The number of rotatable bonds is 6. The fraction of sp³-hybridized carbons (Fsp3) is 0.400. The summed E-state index contributed by atoms with van der Waals surface area (Å²) in [6.07, 6.45) is 0.807. The second-order valence-corrected chi connectivity index (χ2v) is 5.49. The van der Waals surface area contributed by atoms with Crippen LogP contribution in [0.3, 0.4) is 0 Å². The van der Waals surface area contributed by atoms with E-state index in [0.717, 1.165) is 28.6 Å². The van der Waals surface area contributed by atoms with Crippen LogP contribution in [0.5, 0.6) is 11.5 Å². The fourth-order valence-electron chi connectivity index (χ4n) is 1.92. The van der Waals surface area contributed by atoms with Crippen LogP contribution in [0.2, 0.25) is 0 Å². The molecule has 20 heavy (non-hydrogen) atoms. The van der Waals surface area contributed by atoms with Crippen molar-refractivity contribution in [2.24, 2.45) is 0 Å². The third kappa shape index (κ3) is 3.29. The molecule has 108 valence electrons. The summed E-state index contributed by atoms with van der Waals surface area (Å²) in [6, 6.07) is 6.26. The standard InChI is InChI=1S/C15H20N2O2S/c1-10(16-2)12-9-20-15(17-12)8-11-5-6-13(18-3)14(7-11)19-4/h5-7,9-10,16H,8H2,1-4H3. The summed E-state index contributed by atoms with van der Waals surface area (Å²) in [7, 11) is 5.24. The molecule has 0 aliphatic carbocycles. The minimum Gasteiger partial charge on any atom is -0.493 e. The molecule has 0 aliphatic heterocycles. The minimum atomic E-state index is 0.283. The van der Waals surface area contributed by atoms with Crippen molar-refractivity contribution in [1.82, 2.24) is 10.3 Å². The molecule has 0 aliphatic rings. The van der Waals surface area contributed by atoms with E-state index in [-0.39, 0.29) is 6.04 Å². The molecule has 0 spiro atoms. The zero-order valence-corrected chi connectivity index (χ0v) is 13.1. The van der Waals surface area contributed by atoms with Gasteiger partial charge < -0.3 is 14.8 Å². The summed E-state index contributed by atoms with van der Waals surface area (Å²) >= 11 is 1.69. The maximum absolute atomic E-state index is 5.32. The zero-order valence-electron chi connectivity index (χ0n) is 12.3. The molecule has 0 radical (unpaired) electrons. The van der Waals surface area contributed by atoms with E-state index < -0.39 is 0 Å². The molecule has 5 heteroatoms. The number of hydrogen-bond donors (Lipinski definition) is 1. The summed E-state index contributed by atoms with van der Waals surface area (Å²) in [5, 5.41) is 6.41. The monoisotopic (exact) mass is 292 g/mol. The van der Waals surface area contributed by atoms with Gasteiger partial charge in [0.25, 0.3) is 0 Å². The molecule has 1 unspecified atom stereocenters. The lowest BCUT2D eigenvalue weighted by Gasteiger charge is -2.09. The van der Waals surface area contributed by atoms with Gasteiger partial charge in [-0.2, -0.15) is 0 Å². The van der Waals surface area contributed by atoms with Gasteiger partial charge in [-0.1, -0.05) is 6.07 Å². The number of nitrogens with zero attached hydrogens (tertiary/aromatic N) is 1. The third-order valence-corrected chi connectivity index (χ3v) is 4.12. The Morgan fingerprint density at radius 2 is 2.00 bits per heavy atom. The molecule has 4 nitrogen and oxygen atoms in total. The molecule has 0 amide bonds. The number of aromatic nitrogens is 1. The third-order valence-electron chi connectivity index (χ3n) is 3.25. The fourth-order valence-corrected chi connectivity index (χ4v) is 2.84. The number of ether oxygens (including phenoxy) is 2. The van der Waals surface area contributed by atoms with Crippen LogP contribution in [0.4, 0.5) is 0 Å². The van der Waals surface area contributed by atoms with Gasteiger partial charge in [0, 0.05) is 17.8 Å². The Labute approximate surface area is 123 Å². The molecular weight excluding hydrogens is 272 g/mol. The molecule has 1 heterocycles. The molecule has 0 saturated carbocycles. The van der Waals surface area contributed by atoms with E-state index in [1.165, 1.54) is 5.56 Å². The van der Waals surface area contributed by atoms with Crippen molar-refractivity contribution in [3.63, 3.8) is 0 Å². The highest BCUT2D eigenvalue weighted by atomic mass is 32.1. The van der Waals surface area contributed by atoms with Crippen LogP contribution in [0, 0.1) is 0 Å². The maximum atomic E-state index is 5.32. The SMILES string of the molecule is CNC(C)c1csc(Cc2ccc(OC)c(OC)c2)n1. The van der Waals surface area contributed by atoms with Gasteiger partial charge in [0.1, 0.15) is 0 Å². The van der Waals surface area contributed by atoms with E-state index in [1.54, 1.807) is 25.6 Å². The van der Waals surface area contributed by atoms with Crippen LogP contribution in [-0.4, -0.2) is 26.3 Å². The second-order valence-electron chi connectivity index (χ2n) is 4.54. The van der Waals surface area contributed by atoms with Gasteiger partial charge in [0.2, 0.25) is 0 Å². The molecular formula is C15H20N2O2S. The predicted molar refractivity (Wildman–Crippen MR) is 81.9 cm³/mol. The predicted octanol–water partition coefficient (Wildman–Crippen LogP) is 3.03. The highest BCUT2D eigenvalue weighted by Crippen LogP contribution is 2.29. The number of thiazole rings is 1. The van der Waals surface area contributed by atoms with Crippen LogP contribution in [0.15, 0.2) is 23.6 Å². The Bertz CT molecular complexity index is 569. The van der Waals surface area contributed by atoms with E-state index in [0.29, 0.717) is 0 Å². The lowest BCUT2D eigenvalue weighted by molar-refractivity contribution is 0.354.